The van der Waals surface area contributed by atoms with Crippen LogP contribution in [0.4, 0.5) is 13.2 Å². The molecule has 1 aliphatic rings. The summed E-state index contributed by atoms with van der Waals surface area (Å²) < 4.78 is 36.8. The van der Waals surface area contributed by atoms with Crippen LogP contribution in [0.25, 0.3) is 0 Å². The van der Waals surface area contributed by atoms with Crippen LogP contribution >= 0.6 is 0 Å². The lowest BCUT2D eigenvalue weighted by molar-refractivity contribution is -0.153. The number of hydrogen-bond acceptors (Lipinski definition) is 3. The zero-order chi connectivity index (χ0) is 14.8. The fraction of sp³-hybridized carbons (Fsp3) is 0.818. The highest BCUT2D eigenvalue weighted by atomic mass is 19.4. The van der Waals surface area contributed by atoms with E-state index in [1.807, 2.05) is 0 Å². The molecule has 0 aromatic heterocycles. The predicted octanol–water partition coefficient (Wildman–Crippen LogP) is 0.848. The second-order valence-corrected chi connectivity index (χ2v) is 4.71. The van der Waals surface area contributed by atoms with Crippen molar-refractivity contribution < 1.29 is 27.9 Å². The Labute approximate surface area is 108 Å². The molecule has 0 aliphatic carbocycles. The highest BCUT2D eigenvalue weighted by Crippen LogP contribution is 2.24. The van der Waals surface area contributed by atoms with E-state index in [9.17, 15) is 22.8 Å². The smallest absolute Gasteiger partial charge is 0.403 e. The molecule has 1 unspecified atom stereocenters. The van der Waals surface area contributed by atoms with E-state index >= 15 is 0 Å². The maximum Gasteiger partial charge on any atom is 0.403 e. The molecule has 1 heterocycles. The van der Waals surface area contributed by atoms with Gasteiger partial charge in [-0.1, -0.05) is 0 Å². The second kappa shape index (κ2) is 5.77. The van der Waals surface area contributed by atoms with Gasteiger partial charge in [-0.05, 0) is 20.3 Å². The number of nitrogens with one attached hydrogen (secondary N) is 1. The Bertz CT molecular complexity index is 360. The maximum absolute atomic E-state index is 12.3. The first-order chi connectivity index (χ1) is 8.64. The molecular formula is C11H17F3N2O3. The fourth-order valence-corrected chi connectivity index (χ4v) is 2.08. The number of amides is 1. The molecule has 1 amide bonds. The van der Waals surface area contributed by atoms with Crippen molar-refractivity contribution in [1.29, 1.82) is 0 Å². The Morgan fingerprint density at radius 2 is 2.05 bits per heavy atom. The SMILES string of the molecule is CC(NCC(=O)N1CC[C@H](C(=O)O)[C@@H]1C)C(F)(F)F. The topological polar surface area (TPSA) is 69.6 Å². The first kappa shape index (κ1) is 15.7. The molecule has 0 radical (unpaired) electrons. The molecule has 110 valence electrons. The lowest BCUT2D eigenvalue weighted by atomic mass is 10.0. The summed E-state index contributed by atoms with van der Waals surface area (Å²) >= 11 is 0. The second-order valence-electron chi connectivity index (χ2n) is 4.71. The van der Waals surface area contributed by atoms with E-state index in [0.29, 0.717) is 6.42 Å². The molecule has 0 aromatic rings. The van der Waals surface area contributed by atoms with Gasteiger partial charge in [-0.25, -0.2) is 0 Å². The lowest BCUT2D eigenvalue weighted by Crippen LogP contribution is -2.47. The number of nitrogens with zero attached hydrogens (tertiary/aromatic N) is 1. The number of carbonyl (C=O) groups is 2. The largest absolute Gasteiger partial charge is 0.481 e. The minimum Gasteiger partial charge on any atom is -0.481 e. The molecule has 1 fully saturated rings. The third-order valence-corrected chi connectivity index (χ3v) is 3.44. The highest BCUT2D eigenvalue weighted by molar-refractivity contribution is 5.81. The van der Waals surface area contributed by atoms with Crippen LogP contribution in [0.1, 0.15) is 20.3 Å². The van der Waals surface area contributed by atoms with Gasteiger partial charge >= 0.3 is 12.1 Å². The first-order valence-electron chi connectivity index (χ1n) is 5.97. The molecule has 0 aromatic carbocycles. The Morgan fingerprint density at radius 3 is 2.47 bits per heavy atom. The number of alkyl halides is 3. The van der Waals surface area contributed by atoms with Gasteiger partial charge in [0.1, 0.15) is 6.04 Å². The summed E-state index contributed by atoms with van der Waals surface area (Å²) in [5.41, 5.74) is 0. The highest BCUT2D eigenvalue weighted by Gasteiger charge is 2.39. The first-order valence-corrected chi connectivity index (χ1v) is 5.97. The third kappa shape index (κ3) is 3.82. The van der Waals surface area contributed by atoms with Crippen LogP contribution in [0.15, 0.2) is 0 Å². The van der Waals surface area contributed by atoms with Gasteiger partial charge in [-0.2, -0.15) is 13.2 Å². The maximum atomic E-state index is 12.3. The molecule has 1 saturated heterocycles. The van der Waals surface area contributed by atoms with E-state index in [4.69, 9.17) is 5.11 Å². The minimum absolute atomic E-state index is 0.263. The van der Waals surface area contributed by atoms with Crippen LogP contribution in [0, 0.1) is 5.92 Å². The number of hydrogen-bond donors (Lipinski definition) is 2. The molecule has 0 bridgehead atoms. The number of carboxylic acid groups (broad SMARTS) is 1. The van der Waals surface area contributed by atoms with Crippen molar-refractivity contribution in [3.05, 3.63) is 0 Å². The van der Waals surface area contributed by atoms with E-state index in [0.717, 1.165) is 6.92 Å². The Balaban J connectivity index is 2.50. The van der Waals surface area contributed by atoms with Crippen LogP contribution in [-0.2, 0) is 9.59 Å². The summed E-state index contributed by atoms with van der Waals surface area (Å²) in [6.45, 7) is 2.34. The summed E-state index contributed by atoms with van der Waals surface area (Å²) in [6.07, 6.45) is -4.07. The Kier molecular flexibility index (Phi) is 4.78. The molecule has 0 saturated carbocycles. The number of halogens is 3. The third-order valence-electron chi connectivity index (χ3n) is 3.44. The summed E-state index contributed by atoms with van der Waals surface area (Å²) in [6, 6.07) is -2.27. The number of carbonyl (C=O) groups excluding carboxylic acids is 1. The van der Waals surface area contributed by atoms with Gasteiger partial charge < -0.3 is 10.0 Å². The fourth-order valence-electron chi connectivity index (χ4n) is 2.08. The minimum atomic E-state index is -4.40. The van der Waals surface area contributed by atoms with E-state index in [1.165, 1.54) is 4.90 Å². The van der Waals surface area contributed by atoms with Crippen LogP contribution in [0.3, 0.4) is 0 Å². The monoisotopic (exact) mass is 282 g/mol. The van der Waals surface area contributed by atoms with Crippen LogP contribution in [0.5, 0.6) is 0 Å². The molecule has 0 spiro atoms. The number of likely N-dealkylation sites (tertiary alicyclic amines) is 1. The van der Waals surface area contributed by atoms with E-state index in [-0.39, 0.29) is 6.54 Å². The van der Waals surface area contributed by atoms with Crippen LogP contribution < -0.4 is 5.32 Å². The quantitative estimate of drug-likeness (QED) is 0.802. The van der Waals surface area contributed by atoms with Crippen LogP contribution in [-0.4, -0.2) is 53.2 Å². The van der Waals surface area contributed by atoms with Crippen molar-refractivity contribution in [2.75, 3.05) is 13.1 Å². The summed E-state index contributed by atoms with van der Waals surface area (Å²) in [5, 5.41) is 11.0. The summed E-state index contributed by atoms with van der Waals surface area (Å²) in [4.78, 5) is 23.9. The molecule has 19 heavy (non-hydrogen) atoms. The van der Waals surface area contributed by atoms with E-state index in [1.54, 1.807) is 6.92 Å². The summed E-state index contributed by atoms with van der Waals surface area (Å²) in [7, 11) is 0. The average Bonchev–Trinajstić information content (AvgIpc) is 2.66. The molecule has 5 nitrogen and oxygen atoms in total. The van der Waals surface area contributed by atoms with Gasteiger partial charge in [0.05, 0.1) is 12.5 Å². The Hall–Kier alpha value is -1.31. The molecule has 1 rings (SSSR count). The Morgan fingerprint density at radius 1 is 1.47 bits per heavy atom. The van der Waals surface area contributed by atoms with Gasteiger partial charge in [0.15, 0.2) is 0 Å². The van der Waals surface area contributed by atoms with Gasteiger partial charge in [-0.3, -0.25) is 14.9 Å². The standard InChI is InChI=1S/C11H17F3N2O3/c1-6-8(10(18)19)3-4-16(6)9(17)5-15-7(2)11(12,13)14/h6-8,15H,3-5H2,1-2H3,(H,18,19)/t6-,7?,8-/m0/s1. The van der Waals surface area contributed by atoms with Crippen molar-refractivity contribution in [3.8, 4) is 0 Å². The van der Waals surface area contributed by atoms with Crippen molar-refractivity contribution in [3.63, 3.8) is 0 Å². The van der Waals surface area contributed by atoms with Gasteiger partial charge in [0.2, 0.25) is 5.91 Å². The zero-order valence-corrected chi connectivity index (χ0v) is 10.7. The van der Waals surface area contributed by atoms with E-state index in [2.05, 4.69) is 5.32 Å². The zero-order valence-electron chi connectivity index (χ0n) is 10.7. The molecule has 8 heteroatoms. The lowest BCUT2D eigenvalue weighted by Gasteiger charge is -2.25. The molecule has 3 atom stereocenters. The average molecular weight is 282 g/mol. The van der Waals surface area contributed by atoms with Gasteiger partial charge in [0, 0.05) is 12.6 Å². The van der Waals surface area contributed by atoms with Crippen molar-refractivity contribution in [1.82, 2.24) is 10.2 Å². The summed E-state index contributed by atoms with van der Waals surface area (Å²) in [5.74, 6) is -2.14. The molecule has 2 N–H and O–H groups in total. The van der Waals surface area contributed by atoms with Gasteiger partial charge in [-0.15, -0.1) is 0 Å². The number of carboxylic acids is 1. The predicted molar refractivity (Wildman–Crippen MR) is 60.4 cm³/mol. The molecular weight excluding hydrogens is 265 g/mol. The molecule has 1 aliphatic heterocycles. The number of rotatable bonds is 4. The normalized spacial score (nSPS) is 25.4. The van der Waals surface area contributed by atoms with Crippen molar-refractivity contribution >= 4 is 11.9 Å². The van der Waals surface area contributed by atoms with Gasteiger partial charge in [0.25, 0.3) is 0 Å². The number of aliphatic carboxylic acids is 1. The van der Waals surface area contributed by atoms with Crippen LogP contribution in [0.2, 0.25) is 0 Å². The van der Waals surface area contributed by atoms with Crippen molar-refractivity contribution in [2.24, 2.45) is 5.92 Å². The van der Waals surface area contributed by atoms with Crippen molar-refractivity contribution in [2.45, 2.75) is 38.5 Å². The van der Waals surface area contributed by atoms with E-state index < -0.39 is 42.6 Å².